The van der Waals surface area contributed by atoms with Crippen LogP contribution in [-0.2, 0) is 4.79 Å². The number of piperidine rings is 1. The average Bonchev–Trinajstić information content (AvgIpc) is 2.79. The fourth-order valence-electron chi connectivity index (χ4n) is 4.77. The van der Waals surface area contributed by atoms with Crippen molar-refractivity contribution in [3.63, 3.8) is 0 Å². The van der Waals surface area contributed by atoms with Gasteiger partial charge in [-0.2, -0.15) is 0 Å². The van der Waals surface area contributed by atoms with Gasteiger partial charge in [-0.1, -0.05) is 36.8 Å². The number of carbonyl (C=O) groups is 2. The molecular weight excluding hydrogens is 417 g/mol. The lowest BCUT2D eigenvalue weighted by Gasteiger charge is -2.38. The van der Waals surface area contributed by atoms with Crippen LogP contribution in [0, 0.1) is 11.7 Å². The molecule has 1 heterocycles. The van der Waals surface area contributed by atoms with Gasteiger partial charge in [0.15, 0.2) is 0 Å². The van der Waals surface area contributed by atoms with Gasteiger partial charge in [0, 0.05) is 36.7 Å². The van der Waals surface area contributed by atoms with Crippen molar-refractivity contribution in [1.82, 2.24) is 15.5 Å². The van der Waals surface area contributed by atoms with E-state index in [0.717, 1.165) is 57.2 Å². The molecule has 0 spiro atoms. The maximum absolute atomic E-state index is 13.1. The number of rotatable bonds is 8. The Kier molecular flexibility index (Phi) is 7.76. The zero-order valence-corrected chi connectivity index (χ0v) is 19.3. The van der Waals surface area contributed by atoms with Gasteiger partial charge in [0.25, 0.3) is 5.91 Å². The summed E-state index contributed by atoms with van der Waals surface area (Å²) in [6.45, 7) is 4.02. The van der Waals surface area contributed by atoms with Crippen molar-refractivity contribution in [2.75, 3.05) is 13.1 Å². The molecule has 0 bridgehead atoms. The van der Waals surface area contributed by atoms with E-state index in [1.165, 1.54) is 24.3 Å². The molecule has 2 N–H and O–H groups in total. The van der Waals surface area contributed by atoms with Gasteiger partial charge in [0.1, 0.15) is 5.82 Å². The summed E-state index contributed by atoms with van der Waals surface area (Å²) in [6.07, 6.45) is 5.76. The second kappa shape index (κ2) is 10.9. The number of benzene rings is 2. The summed E-state index contributed by atoms with van der Waals surface area (Å²) in [5, 5.41) is 6.40. The molecule has 2 atom stereocenters. The molecule has 1 saturated heterocycles. The Hall–Kier alpha value is -2.73. The molecule has 1 aliphatic heterocycles. The molecule has 2 aromatic carbocycles. The molecule has 33 heavy (non-hydrogen) atoms. The number of hydrogen-bond donors (Lipinski definition) is 2. The van der Waals surface area contributed by atoms with Crippen LogP contribution >= 0.6 is 0 Å². The van der Waals surface area contributed by atoms with Crippen LogP contribution in [0.5, 0.6) is 0 Å². The van der Waals surface area contributed by atoms with E-state index in [-0.39, 0.29) is 35.6 Å². The number of carbonyl (C=O) groups excluding carboxylic acids is 2. The predicted octanol–water partition coefficient (Wildman–Crippen LogP) is 4.46. The zero-order chi connectivity index (χ0) is 23.2. The summed E-state index contributed by atoms with van der Waals surface area (Å²) in [6, 6.07) is 16.3. The number of hydrogen-bond acceptors (Lipinski definition) is 3. The fourth-order valence-corrected chi connectivity index (χ4v) is 4.77. The van der Waals surface area contributed by atoms with Gasteiger partial charge in [-0.05, 0) is 68.9 Å². The van der Waals surface area contributed by atoms with Gasteiger partial charge >= 0.3 is 0 Å². The Morgan fingerprint density at radius 2 is 1.67 bits per heavy atom. The lowest BCUT2D eigenvalue weighted by Crippen LogP contribution is -2.48. The number of amides is 2. The molecule has 2 fully saturated rings. The van der Waals surface area contributed by atoms with E-state index in [2.05, 4.69) is 34.6 Å². The van der Waals surface area contributed by atoms with Gasteiger partial charge in [-0.3, -0.25) is 9.59 Å². The first-order valence-corrected chi connectivity index (χ1v) is 12.2. The van der Waals surface area contributed by atoms with Gasteiger partial charge in [-0.15, -0.1) is 0 Å². The molecule has 176 valence electrons. The summed E-state index contributed by atoms with van der Waals surface area (Å²) in [5.41, 5.74) is 1.64. The zero-order valence-electron chi connectivity index (χ0n) is 19.3. The Balaban J connectivity index is 1.30. The Bertz CT molecular complexity index is 922. The van der Waals surface area contributed by atoms with E-state index >= 15 is 0 Å². The third kappa shape index (κ3) is 6.20. The number of nitrogens with one attached hydrogen (secondary N) is 2. The van der Waals surface area contributed by atoms with Crippen LogP contribution in [0.1, 0.15) is 67.4 Å². The van der Waals surface area contributed by atoms with Crippen LogP contribution in [0.4, 0.5) is 4.39 Å². The molecule has 1 saturated carbocycles. The highest BCUT2D eigenvalue weighted by molar-refractivity contribution is 5.94. The van der Waals surface area contributed by atoms with Crippen molar-refractivity contribution in [2.24, 2.45) is 5.92 Å². The fraction of sp³-hybridized carbons (Fsp3) is 0.481. The summed E-state index contributed by atoms with van der Waals surface area (Å²) in [5.74, 6) is -0.132. The predicted molar refractivity (Wildman–Crippen MR) is 127 cm³/mol. The van der Waals surface area contributed by atoms with Crippen LogP contribution in [0.15, 0.2) is 54.6 Å². The Morgan fingerprint density at radius 3 is 2.27 bits per heavy atom. The highest BCUT2D eigenvalue weighted by Gasteiger charge is 2.30. The number of likely N-dealkylation sites (tertiary alicyclic amines) is 1. The maximum Gasteiger partial charge on any atom is 0.251 e. The van der Waals surface area contributed by atoms with Gasteiger partial charge in [-0.25, -0.2) is 4.39 Å². The van der Waals surface area contributed by atoms with Gasteiger partial charge in [0.05, 0.1) is 6.04 Å². The van der Waals surface area contributed by atoms with Crippen molar-refractivity contribution in [3.05, 3.63) is 71.5 Å². The summed E-state index contributed by atoms with van der Waals surface area (Å²) in [7, 11) is 0. The monoisotopic (exact) mass is 451 g/mol. The van der Waals surface area contributed by atoms with Crippen LogP contribution in [0.3, 0.4) is 0 Å². The van der Waals surface area contributed by atoms with Crippen molar-refractivity contribution < 1.29 is 14.0 Å². The SMILES string of the molecule is CC(C[C@H](NC(=O)C1CCC1)c1ccccc1)N1CCC(NC(=O)c2ccc(F)cc2)CC1. The van der Waals surface area contributed by atoms with E-state index in [4.69, 9.17) is 0 Å². The largest absolute Gasteiger partial charge is 0.349 e. The molecule has 4 rings (SSSR count). The Morgan fingerprint density at radius 1 is 1.00 bits per heavy atom. The minimum absolute atomic E-state index is 0.00482. The smallest absolute Gasteiger partial charge is 0.251 e. The number of halogens is 1. The van der Waals surface area contributed by atoms with Crippen molar-refractivity contribution in [2.45, 2.75) is 63.6 Å². The van der Waals surface area contributed by atoms with Crippen molar-refractivity contribution in [3.8, 4) is 0 Å². The normalized spacial score (nSPS) is 19.3. The lowest BCUT2D eigenvalue weighted by molar-refractivity contribution is -0.128. The van der Waals surface area contributed by atoms with E-state index in [1.54, 1.807) is 0 Å². The molecule has 5 nitrogen and oxygen atoms in total. The first kappa shape index (κ1) is 23.4. The Labute approximate surface area is 195 Å². The van der Waals surface area contributed by atoms with Crippen molar-refractivity contribution >= 4 is 11.8 Å². The first-order valence-electron chi connectivity index (χ1n) is 12.2. The molecule has 1 aliphatic carbocycles. The quantitative estimate of drug-likeness (QED) is 0.623. The molecule has 1 unspecified atom stereocenters. The highest BCUT2D eigenvalue weighted by Crippen LogP contribution is 2.29. The van der Waals surface area contributed by atoms with E-state index in [0.29, 0.717) is 11.6 Å². The molecule has 0 aromatic heterocycles. The lowest BCUT2D eigenvalue weighted by atomic mass is 9.84. The van der Waals surface area contributed by atoms with Gasteiger partial charge < -0.3 is 15.5 Å². The molecular formula is C27H34FN3O2. The first-order chi connectivity index (χ1) is 16.0. The van der Waals surface area contributed by atoms with Crippen LogP contribution < -0.4 is 10.6 Å². The molecule has 2 aliphatic rings. The molecule has 2 aromatic rings. The van der Waals surface area contributed by atoms with E-state index < -0.39 is 0 Å². The summed E-state index contributed by atoms with van der Waals surface area (Å²) >= 11 is 0. The van der Waals surface area contributed by atoms with Crippen LogP contribution in [0.2, 0.25) is 0 Å². The summed E-state index contributed by atoms with van der Waals surface area (Å²) < 4.78 is 13.1. The number of nitrogens with zero attached hydrogens (tertiary/aromatic N) is 1. The summed E-state index contributed by atoms with van der Waals surface area (Å²) in [4.78, 5) is 27.6. The average molecular weight is 452 g/mol. The molecule has 2 amide bonds. The second-order valence-electron chi connectivity index (χ2n) is 9.48. The minimum atomic E-state index is -0.341. The standard InChI is InChI=1S/C27H34FN3O2/c1-19(18-25(20-6-3-2-4-7-20)30-27(33)21-8-5-9-21)31-16-14-24(15-17-31)29-26(32)22-10-12-23(28)13-11-22/h2-4,6-7,10-13,19,21,24-25H,5,8-9,14-18H2,1H3,(H,29,32)(H,30,33)/t19?,25-/m0/s1. The van der Waals surface area contributed by atoms with Gasteiger partial charge in [0.2, 0.25) is 5.91 Å². The maximum atomic E-state index is 13.1. The van der Waals surface area contributed by atoms with E-state index in [1.807, 2.05) is 18.2 Å². The second-order valence-corrected chi connectivity index (χ2v) is 9.48. The minimum Gasteiger partial charge on any atom is -0.349 e. The topological polar surface area (TPSA) is 61.4 Å². The third-order valence-electron chi connectivity index (χ3n) is 7.17. The van der Waals surface area contributed by atoms with Crippen LogP contribution in [0.25, 0.3) is 0 Å². The molecule has 0 radical (unpaired) electrons. The molecule has 6 heteroatoms. The van der Waals surface area contributed by atoms with E-state index in [9.17, 15) is 14.0 Å². The highest BCUT2D eigenvalue weighted by atomic mass is 19.1. The third-order valence-corrected chi connectivity index (χ3v) is 7.17. The van der Waals surface area contributed by atoms with Crippen molar-refractivity contribution in [1.29, 1.82) is 0 Å². The van der Waals surface area contributed by atoms with Crippen LogP contribution in [-0.4, -0.2) is 41.9 Å².